The number of ether oxygens (including phenoxy) is 2. The van der Waals surface area contributed by atoms with E-state index >= 15 is 0 Å². The first-order valence-corrected chi connectivity index (χ1v) is 12.2. The molecule has 0 radical (unpaired) electrons. The molecule has 0 saturated carbocycles. The van der Waals surface area contributed by atoms with Crippen LogP contribution in [0.1, 0.15) is 46.6 Å². The van der Waals surface area contributed by atoms with Crippen molar-refractivity contribution in [2.75, 3.05) is 19.1 Å². The van der Waals surface area contributed by atoms with Crippen LogP contribution in [-0.4, -0.2) is 30.3 Å². The average Bonchev–Trinajstić information content (AvgIpc) is 3.40. The zero-order valence-corrected chi connectivity index (χ0v) is 21.1. The molecule has 8 nitrogen and oxygen atoms in total. The molecule has 0 N–H and O–H groups in total. The Morgan fingerprint density at radius 3 is 2.57 bits per heavy atom. The number of hydrogen-bond acceptors (Lipinski definition) is 8. The molecule has 1 unspecified atom stereocenters. The number of fused-ring (bicyclic) bond motifs is 2. The molecule has 0 fully saturated rings. The highest BCUT2D eigenvalue weighted by Crippen LogP contribution is 2.44. The summed E-state index contributed by atoms with van der Waals surface area (Å²) in [6.07, 6.45) is 0.729. The van der Waals surface area contributed by atoms with E-state index in [4.69, 9.17) is 25.5 Å². The molecule has 2 aromatic heterocycles. The lowest BCUT2D eigenvalue weighted by molar-refractivity contribution is 0.0970. The molecule has 180 valence electrons. The summed E-state index contributed by atoms with van der Waals surface area (Å²) < 4.78 is 16.8. The first kappa shape index (κ1) is 23.3. The molecule has 35 heavy (non-hydrogen) atoms. The van der Waals surface area contributed by atoms with Crippen LogP contribution in [0.2, 0.25) is 5.02 Å². The van der Waals surface area contributed by atoms with Gasteiger partial charge in [0.25, 0.3) is 5.91 Å². The van der Waals surface area contributed by atoms with E-state index in [9.17, 15) is 9.59 Å². The van der Waals surface area contributed by atoms with Crippen molar-refractivity contribution in [3.63, 3.8) is 0 Å². The Morgan fingerprint density at radius 1 is 1.09 bits per heavy atom. The van der Waals surface area contributed by atoms with E-state index in [1.165, 1.54) is 23.3 Å². The van der Waals surface area contributed by atoms with Crippen molar-refractivity contribution in [3.05, 3.63) is 73.5 Å². The normalized spacial score (nSPS) is 15.2. The number of hydrogen-bond donors (Lipinski definition) is 0. The Kier molecular flexibility index (Phi) is 5.98. The molecule has 1 aliphatic rings. The van der Waals surface area contributed by atoms with Gasteiger partial charge in [-0.2, -0.15) is 0 Å². The number of amides is 1. The third-order valence-corrected chi connectivity index (χ3v) is 6.98. The Labute approximate surface area is 210 Å². The molecule has 0 saturated heterocycles. The fraction of sp³-hybridized carbons (Fsp3) is 0.280. The maximum absolute atomic E-state index is 13.7. The first-order valence-electron chi connectivity index (χ1n) is 11.0. The van der Waals surface area contributed by atoms with Gasteiger partial charge in [0.2, 0.25) is 10.9 Å². The quantitative estimate of drug-likeness (QED) is 0.348. The van der Waals surface area contributed by atoms with Crippen molar-refractivity contribution in [2.24, 2.45) is 5.92 Å². The minimum Gasteiger partial charge on any atom is -0.493 e. The number of methoxy groups -OCH3 is 2. The van der Waals surface area contributed by atoms with Crippen LogP contribution >= 0.6 is 22.9 Å². The number of halogens is 1. The minimum atomic E-state index is -0.795. The fourth-order valence-corrected chi connectivity index (χ4v) is 5.50. The number of rotatable bonds is 6. The summed E-state index contributed by atoms with van der Waals surface area (Å²) in [4.78, 5) is 28.9. The van der Waals surface area contributed by atoms with Gasteiger partial charge in [-0.05, 0) is 41.8 Å². The summed E-state index contributed by atoms with van der Waals surface area (Å²) in [5.41, 5.74) is 0.824. The van der Waals surface area contributed by atoms with E-state index in [0.717, 1.165) is 11.4 Å². The minimum absolute atomic E-state index is 0.0229. The molecule has 0 bridgehead atoms. The van der Waals surface area contributed by atoms with Gasteiger partial charge in [0.1, 0.15) is 10.6 Å². The van der Waals surface area contributed by atoms with Crippen molar-refractivity contribution in [3.8, 4) is 11.5 Å². The Hall–Kier alpha value is -3.43. The van der Waals surface area contributed by atoms with Gasteiger partial charge in [0.15, 0.2) is 16.9 Å². The van der Waals surface area contributed by atoms with Crippen LogP contribution in [0.4, 0.5) is 5.13 Å². The van der Waals surface area contributed by atoms with Gasteiger partial charge in [0.05, 0.1) is 31.2 Å². The second kappa shape index (κ2) is 8.98. The number of nitrogens with zero attached hydrogens (tertiary/aromatic N) is 3. The van der Waals surface area contributed by atoms with E-state index in [1.54, 1.807) is 43.5 Å². The van der Waals surface area contributed by atoms with Crippen molar-refractivity contribution < 1.29 is 18.7 Å². The summed E-state index contributed by atoms with van der Waals surface area (Å²) in [6.45, 7) is 4.17. The van der Waals surface area contributed by atoms with Gasteiger partial charge < -0.3 is 13.9 Å². The van der Waals surface area contributed by atoms with Gasteiger partial charge >= 0.3 is 0 Å². The Morgan fingerprint density at radius 2 is 1.86 bits per heavy atom. The van der Waals surface area contributed by atoms with Crippen molar-refractivity contribution in [2.45, 2.75) is 26.3 Å². The highest BCUT2D eigenvalue weighted by molar-refractivity contribution is 7.15. The lowest BCUT2D eigenvalue weighted by Crippen LogP contribution is -2.29. The molecule has 0 spiro atoms. The third-order valence-electron chi connectivity index (χ3n) is 5.80. The van der Waals surface area contributed by atoms with Crippen LogP contribution in [0, 0.1) is 5.92 Å². The summed E-state index contributed by atoms with van der Waals surface area (Å²) in [5, 5.41) is 10.5. The number of carbonyl (C=O) groups excluding carboxylic acids is 1. The zero-order valence-electron chi connectivity index (χ0n) is 19.5. The smallest absolute Gasteiger partial charge is 0.297 e. The molecule has 0 aliphatic carbocycles. The third kappa shape index (κ3) is 3.94. The maximum atomic E-state index is 13.7. The van der Waals surface area contributed by atoms with Gasteiger partial charge in [0, 0.05) is 11.4 Å². The van der Waals surface area contributed by atoms with Crippen LogP contribution in [0.3, 0.4) is 0 Å². The second-order valence-electron chi connectivity index (χ2n) is 8.58. The monoisotopic (exact) mass is 511 g/mol. The number of anilines is 1. The van der Waals surface area contributed by atoms with Crippen LogP contribution in [0.25, 0.3) is 11.0 Å². The van der Waals surface area contributed by atoms with E-state index in [2.05, 4.69) is 24.0 Å². The topological polar surface area (TPSA) is 94.8 Å². The molecule has 1 amide bonds. The van der Waals surface area contributed by atoms with Crippen LogP contribution in [0.15, 0.2) is 45.6 Å². The van der Waals surface area contributed by atoms with Crippen molar-refractivity contribution in [1.29, 1.82) is 0 Å². The molecule has 10 heteroatoms. The SMILES string of the molecule is COc1ccc(C2c3c(oc4ccc(Cl)cc4c3=O)C(=O)N2c2nnc(CC(C)C)s2)cc1OC. The molecule has 1 aliphatic heterocycles. The van der Waals surface area contributed by atoms with E-state index in [-0.39, 0.29) is 22.3 Å². The predicted octanol–water partition coefficient (Wildman–Crippen LogP) is 5.26. The molecular weight excluding hydrogens is 490 g/mol. The first-order chi connectivity index (χ1) is 16.8. The van der Waals surface area contributed by atoms with Crippen LogP contribution in [0.5, 0.6) is 11.5 Å². The maximum Gasteiger partial charge on any atom is 0.297 e. The van der Waals surface area contributed by atoms with Gasteiger partial charge in [-0.3, -0.25) is 14.5 Å². The molecule has 5 rings (SSSR count). The van der Waals surface area contributed by atoms with Crippen LogP contribution in [-0.2, 0) is 6.42 Å². The molecule has 2 aromatic carbocycles. The van der Waals surface area contributed by atoms with Gasteiger partial charge in [-0.1, -0.05) is 42.9 Å². The standard InChI is InChI=1S/C25H22ClN3O5S/c1-12(2)9-19-27-28-25(35-19)29-21(13-5-7-17(32-3)18(10-13)33-4)20-22(30)15-11-14(26)6-8-16(15)34-23(20)24(29)31/h5-8,10-12,21H,9H2,1-4H3. The van der Waals surface area contributed by atoms with E-state index in [0.29, 0.717) is 38.5 Å². The zero-order chi connectivity index (χ0) is 24.9. The van der Waals surface area contributed by atoms with Crippen LogP contribution < -0.4 is 19.8 Å². The van der Waals surface area contributed by atoms with Crippen molar-refractivity contribution in [1.82, 2.24) is 10.2 Å². The molecule has 1 atom stereocenters. The van der Waals surface area contributed by atoms with Crippen molar-refractivity contribution >= 4 is 44.9 Å². The largest absolute Gasteiger partial charge is 0.493 e. The lowest BCUT2D eigenvalue weighted by Gasteiger charge is -2.23. The highest BCUT2D eigenvalue weighted by Gasteiger charge is 2.45. The fourth-order valence-electron chi connectivity index (χ4n) is 4.25. The highest BCUT2D eigenvalue weighted by atomic mass is 35.5. The van der Waals surface area contributed by atoms with Gasteiger partial charge in [-0.25, -0.2) is 0 Å². The number of benzene rings is 2. The summed E-state index contributed by atoms with van der Waals surface area (Å²) in [6, 6.07) is 9.23. The number of aromatic nitrogens is 2. The molecular formula is C25H22ClN3O5S. The Balaban J connectivity index is 1.75. The number of carbonyl (C=O) groups is 1. The summed E-state index contributed by atoms with van der Waals surface area (Å²) >= 11 is 7.48. The predicted molar refractivity (Wildman–Crippen MR) is 134 cm³/mol. The summed E-state index contributed by atoms with van der Waals surface area (Å²) in [5.74, 6) is 0.894. The molecule has 4 aromatic rings. The van der Waals surface area contributed by atoms with Gasteiger partial charge in [-0.15, -0.1) is 10.2 Å². The molecule has 3 heterocycles. The van der Waals surface area contributed by atoms with E-state index in [1.807, 2.05) is 0 Å². The average molecular weight is 512 g/mol. The Bertz CT molecular complexity index is 1510. The second-order valence-corrected chi connectivity index (χ2v) is 10.1. The summed E-state index contributed by atoms with van der Waals surface area (Å²) in [7, 11) is 3.07. The lowest BCUT2D eigenvalue weighted by atomic mass is 9.98. The van der Waals surface area contributed by atoms with E-state index < -0.39 is 11.9 Å².